The Morgan fingerprint density at radius 2 is 1.62 bits per heavy atom. The number of nitrogens with one attached hydrogen (secondary N) is 1. The van der Waals surface area contributed by atoms with Crippen molar-refractivity contribution < 1.29 is 9.47 Å². The Balaban J connectivity index is 2.35. The van der Waals surface area contributed by atoms with Crippen LogP contribution in [0.3, 0.4) is 0 Å². The minimum absolute atomic E-state index is 0.236. The summed E-state index contributed by atoms with van der Waals surface area (Å²) in [6.45, 7) is 0. The number of hydrogen-bond acceptors (Lipinski definition) is 4. The molecule has 0 aliphatic heterocycles. The highest BCUT2D eigenvalue weighted by Gasteiger charge is 2.20. The molecule has 8 heteroatoms. The predicted octanol–water partition coefficient (Wildman–Crippen LogP) is 4.57. The Bertz CT molecular complexity index is 974. The van der Waals surface area contributed by atoms with Gasteiger partial charge in [0, 0.05) is 23.2 Å². The van der Waals surface area contributed by atoms with E-state index in [9.17, 15) is 4.79 Å². The summed E-state index contributed by atoms with van der Waals surface area (Å²) in [5.41, 5.74) is 0.494. The topological polar surface area (TPSA) is 64.2 Å². The SMILES string of the molecule is COc1cc(OC)c(Cl)c(-c2cc3cnc(Cl)cc3c(=O)[nH]2)c1Cl. The van der Waals surface area contributed by atoms with Gasteiger partial charge in [-0.3, -0.25) is 4.79 Å². The first-order valence-corrected chi connectivity index (χ1v) is 7.88. The second-order valence-corrected chi connectivity index (χ2v) is 6.03. The van der Waals surface area contributed by atoms with Crippen LogP contribution in [-0.4, -0.2) is 24.2 Å². The van der Waals surface area contributed by atoms with Gasteiger partial charge in [-0.2, -0.15) is 0 Å². The van der Waals surface area contributed by atoms with Crippen molar-refractivity contribution in [3.8, 4) is 22.8 Å². The third kappa shape index (κ3) is 2.79. The number of H-pyrrole nitrogens is 1. The van der Waals surface area contributed by atoms with Crippen molar-refractivity contribution in [3.05, 3.63) is 49.9 Å². The quantitative estimate of drug-likeness (QED) is 0.671. The molecule has 5 nitrogen and oxygen atoms in total. The van der Waals surface area contributed by atoms with E-state index in [-0.39, 0.29) is 20.8 Å². The van der Waals surface area contributed by atoms with Crippen LogP contribution in [0.5, 0.6) is 11.5 Å². The molecule has 0 atom stereocenters. The van der Waals surface area contributed by atoms with E-state index in [0.29, 0.717) is 33.5 Å². The molecule has 124 valence electrons. The van der Waals surface area contributed by atoms with Gasteiger partial charge in [0.05, 0.1) is 35.3 Å². The molecule has 0 spiro atoms. The lowest BCUT2D eigenvalue weighted by Crippen LogP contribution is -2.08. The van der Waals surface area contributed by atoms with Gasteiger partial charge < -0.3 is 14.5 Å². The molecule has 24 heavy (non-hydrogen) atoms. The maximum absolute atomic E-state index is 12.4. The van der Waals surface area contributed by atoms with Gasteiger partial charge in [-0.15, -0.1) is 0 Å². The summed E-state index contributed by atoms with van der Waals surface area (Å²) in [4.78, 5) is 19.1. The summed E-state index contributed by atoms with van der Waals surface area (Å²) in [5.74, 6) is 0.756. The van der Waals surface area contributed by atoms with Gasteiger partial charge in [0.25, 0.3) is 5.56 Å². The third-order valence-electron chi connectivity index (χ3n) is 3.54. The molecule has 2 heterocycles. The van der Waals surface area contributed by atoms with Crippen LogP contribution in [0.25, 0.3) is 22.0 Å². The van der Waals surface area contributed by atoms with Crippen molar-refractivity contribution in [2.45, 2.75) is 0 Å². The third-order valence-corrected chi connectivity index (χ3v) is 4.49. The van der Waals surface area contributed by atoms with E-state index in [1.54, 1.807) is 12.1 Å². The molecular formula is C16H11Cl3N2O3. The Hall–Kier alpha value is -1.95. The van der Waals surface area contributed by atoms with E-state index in [4.69, 9.17) is 44.3 Å². The summed E-state index contributed by atoms with van der Waals surface area (Å²) in [6.07, 6.45) is 1.51. The van der Waals surface area contributed by atoms with Crippen LogP contribution < -0.4 is 15.0 Å². The molecule has 0 bridgehead atoms. The number of rotatable bonds is 3. The van der Waals surface area contributed by atoms with Gasteiger partial charge in [-0.05, 0) is 12.1 Å². The molecule has 1 N–H and O–H groups in total. The summed E-state index contributed by atoms with van der Waals surface area (Å²) in [7, 11) is 2.96. The van der Waals surface area contributed by atoms with Crippen LogP contribution in [-0.2, 0) is 0 Å². The first-order valence-electron chi connectivity index (χ1n) is 6.75. The van der Waals surface area contributed by atoms with Crippen LogP contribution in [0.4, 0.5) is 0 Å². The number of hydrogen-bond donors (Lipinski definition) is 1. The van der Waals surface area contributed by atoms with E-state index in [0.717, 1.165) is 0 Å². The number of aromatic nitrogens is 2. The van der Waals surface area contributed by atoms with E-state index < -0.39 is 0 Å². The number of pyridine rings is 2. The van der Waals surface area contributed by atoms with Gasteiger partial charge in [-0.25, -0.2) is 4.98 Å². The van der Waals surface area contributed by atoms with Gasteiger partial charge in [0.2, 0.25) is 0 Å². The number of methoxy groups -OCH3 is 2. The average Bonchev–Trinajstić information content (AvgIpc) is 2.56. The molecule has 0 saturated carbocycles. The second kappa shape index (κ2) is 6.51. The Labute approximate surface area is 152 Å². The molecule has 0 amide bonds. The lowest BCUT2D eigenvalue weighted by Gasteiger charge is -2.15. The lowest BCUT2D eigenvalue weighted by molar-refractivity contribution is 0.395. The van der Waals surface area contributed by atoms with Gasteiger partial charge in [-0.1, -0.05) is 34.8 Å². The number of ether oxygens (including phenoxy) is 2. The molecule has 0 radical (unpaired) electrons. The second-order valence-electron chi connectivity index (χ2n) is 4.89. The zero-order valence-corrected chi connectivity index (χ0v) is 14.9. The molecule has 1 aromatic carbocycles. The lowest BCUT2D eigenvalue weighted by atomic mass is 10.1. The molecule has 2 aromatic heterocycles. The predicted molar refractivity (Wildman–Crippen MR) is 95.9 cm³/mol. The molecule has 0 aliphatic rings. The van der Waals surface area contributed by atoms with Crippen molar-refractivity contribution in [3.63, 3.8) is 0 Å². The number of nitrogens with zero attached hydrogens (tertiary/aromatic N) is 1. The minimum Gasteiger partial charge on any atom is -0.495 e. The van der Waals surface area contributed by atoms with Crippen LogP contribution in [0.1, 0.15) is 0 Å². The first-order chi connectivity index (χ1) is 11.5. The first kappa shape index (κ1) is 16.9. The van der Waals surface area contributed by atoms with Gasteiger partial charge >= 0.3 is 0 Å². The van der Waals surface area contributed by atoms with Crippen molar-refractivity contribution >= 4 is 45.6 Å². The Kier molecular flexibility index (Phi) is 4.58. The van der Waals surface area contributed by atoms with Crippen molar-refractivity contribution in [1.29, 1.82) is 0 Å². The van der Waals surface area contributed by atoms with Crippen molar-refractivity contribution in [2.24, 2.45) is 0 Å². The highest BCUT2D eigenvalue weighted by atomic mass is 35.5. The number of fused-ring (bicyclic) bond motifs is 1. The van der Waals surface area contributed by atoms with Crippen LogP contribution in [0.15, 0.2) is 29.2 Å². The fraction of sp³-hybridized carbons (Fsp3) is 0.125. The minimum atomic E-state index is -0.333. The zero-order chi connectivity index (χ0) is 17.4. The van der Waals surface area contributed by atoms with E-state index >= 15 is 0 Å². The molecule has 0 aliphatic carbocycles. The van der Waals surface area contributed by atoms with Crippen molar-refractivity contribution in [1.82, 2.24) is 9.97 Å². The summed E-state index contributed by atoms with van der Waals surface area (Å²) in [6, 6.07) is 4.79. The highest BCUT2D eigenvalue weighted by Crippen LogP contribution is 2.45. The Morgan fingerprint density at radius 1 is 1.00 bits per heavy atom. The van der Waals surface area contributed by atoms with Gasteiger partial charge in [0.1, 0.15) is 16.7 Å². The van der Waals surface area contributed by atoms with E-state index in [2.05, 4.69) is 9.97 Å². The number of benzene rings is 1. The van der Waals surface area contributed by atoms with Crippen LogP contribution in [0, 0.1) is 0 Å². The van der Waals surface area contributed by atoms with Crippen LogP contribution >= 0.6 is 34.8 Å². The molecule has 3 aromatic rings. The van der Waals surface area contributed by atoms with E-state index in [1.807, 2.05) is 0 Å². The molecule has 0 saturated heterocycles. The molecule has 3 rings (SSSR count). The Morgan fingerprint density at radius 3 is 2.21 bits per heavy atom. The fourth-order valence-electron chi connectivity index (χ4n) is 2.39. The van der Waals surface area contributed by atoms with Crippen molar-refractivity contribution in [2.75, 3.05) is 14.2 Å². The summed E-state index contributed by atoms with van der Waals surface area (Å²) < 4.78 is 10.5. The molecule has 0 unspecified atom stereocenters. The van der Waals surface area contributed by atoms with Gasteiger partial charge in [0.15, 0.2) is 0 Å². The highest BCUT2D eigenvalue weighted by molar-refractivity contribution is 6.41. The normalized spacial score (nSPS) is 10.9. The summed E-state index contributed by atoms with van der Waals surface area (Å²) >= 11 is 18.6. The molecule has 0 fully saturated rings. The standard InChI is InChI=1S/C16H11Cl3N2O3/c1-23-10-5-11(24-2)15(19)13(14(10)18)9-3-7-6-20-12(17)4-8(7)16(22)21-9/h3-6H,1-2H3,(H,21,22). The maximum atomic E-state index is 12.4. The maximum Gasteiger partial charge on any atom is 0.256 e. The largest absolute Gasteiger partial charge is 0.495 e. The van der Waals surface area contributed by atoms with Crippen LogP contribution in [0.2, 0.25) is 15.2 Å². The molecular weight excluding hydrogens is 375 g/mol. The number of aromatic amines is 1. The zero-order valence-electron chi connectivity index (χ0n) is 12.6. The number of halogens is 3. The monoisotopic (exact) mass is 384 g/mol. The average molecular weight is 386 g/mol. The van der Waals surface area contributed by atoms with E-state index in [1.165, 1.54) is 26.5 Å². The fourth-order valence-corrected chi connectivity index (χ4v) is 3.25. The summed E-state index contributed by atoms with van der Waals surface area (Å²) in [5, 5.41) is 1.79. The smallest absolute Gasteiger partial charge is 0.256 e.